The summed E-state index contributed by atoms with van der Waals surface area (Å²) >= 11 is 0. The van der Waals surface area contributed by atoms with Crippen molar-refractivity contribution in [1.29, 1.82) is 0 Å². The third-order valence-electron chi connectivity index (χ3n) is 4.86. The molecule has 0 spiro atoms. The Labute approximate surface area is 300 Å². The number of carbonyl (C=O) groups is 4. The molecule has 1 rings (SSSR count). The maximum absolute atomic E-state index is 13.0. The summed E-state index contributed by atoms with van der Waals surface area (Å²) in [5.41, 5.74) is 0.526. The number of hydrogen-bond acceptors (Lipinski definition) is 9. The van der Waals surface area contributed by atoms with Gasteiger partial charge in [0.05, 0.1) is 25.2 Å². The van der Waals surface area contributed by atoms with E-state index in [0.29, 0.717) is 12.0 Å². The van der Waals surface area contributed by atoms with Crippen LogP contribution in [0.15, 0.2) is 24.3 Å². The van der Waals surface area contributed by atoms with Gasteiger partial charge in [-0.15, -0.1) is 0 Å². The van der Waals surface area contributed by atoms with Crippen LogP contribution in [0.25, 0.3) is 0 Å². The number of benzene rings is 1. The van der Waals surface area contributed by atoms with Crippen molar-refractivity contribution >= 4 is 31.5 Å². The molecule has 16 heteroatoms. The SMILES string of the molecule is CCOP(=O)([O-])N[C@H](C(=O)NC(Cc1ccc(OCC(=O)O)cc1)C(=O)NCC(=O)[O-])[C@@H](C)CC.[K+].[K+]. The standard InChI is InChI=1S/C21H32N3O10P.2K/c1-4-13(3)19(24-35(31,32)34-5-2)21(30)23-16(20(29)22-11-17(25)26)10-14-6-8-15(9-7-14)33-12-18(27)28;;/h6-9,13,16,19H,4-5,10-12H2,1-3H3,(H,22,29)(H,23,30)(H,25,26)(H,27,28)(H2,24,31,32);;/q;2*+1/p-2/t13-,16?,19-;;/m0../s1. The van der Waals surface area contributed by atoms with Crippen LogP contribution in [0.2, 0.25) is 0 Å². The Morgan fingerprint density at radius 1 is 1.08 bits per heavy atom. The Bertz CT molecular complexity index is 936. The van der Waals surface area contributed by atoms with Crippen molar-refractivity contribution < 1.29 is 151 Å². The van der Waals surface area contributed by atoms with E-state index >= 15 is 0 Å². The Morgan fingerprint density at radius 3 is 2.16 bits per heavy atom. The van der Waals surface area contributed by atoms with Crippen LogP contribution in [-0.4, -0.2) is 60.7 Å². The molecule has 196 valence electrons. The number of hydrogen-bond donors (Lipinski definition) is 4. The Balaban J connectivity index is 0. The van der Waals surface area contributed by atoms with Gasteiger partial charge in [0.2, 0.25) is 19.6 Å². The molecule has 0 heterocycles. The number of amides is 2. The number of rotatable bonds is 16. The number of aliphatic carboxylic acids is 2. The average Bonchev–Trinajstić information content (AvgIpc) is 2.79. The van der Waals surface area contributed by atoms with Crippen LogP contribution in [-0.2, 0) is 34.7 Å². The molecule has 4 N–H and O–H groups in total. The zero-order valence-electron chi connectivity index (χ0n) is 21.6. The van der Waals surface area contributed by atoms with E-state index in [9.17, 15) is 33.7 Å². The molecule has 0 aromatic heterocycles. The van der Waals surface area contributed by atoms with Crippen LogP contribution in [0.5, 0.6) is 5.75 Å². The van der Waals surface area contributed by atoms with Gasteiger partial charge in [0, 0.05) is 6.42 Å². The van der Waals surface area contributed by atoms with Crippen LogP contribution >= 0.6 is 7.75 Å². The molecule has 0 aliphatic rings. The van der Waals surface area contributed by atoms with Crippen molar-refractivity contribution in [2.24, 2.45) is 5.92 Å². The first kappa shape index (κ1) is 39.4. The van der Waals surface area contributed by atoms with Gasteiger partial charge in [0.1, 0.15) is 11.8 Å². The fraction of sp³-hybridized carbons (Fsp3) is 0.524. The van der Waals surface area contributed by atoms with E-state index in [1.165, 1.54) is 31.2 Å². The van der Waals surface area contributed by atoms with E-state index in [-0.39, 0.29) is 122 Å². The molecule has 1 aromatic carbocycles. The summed E-state index contributed by atoms with van der Waals surface area (Å²) < 4.78 is 21.8. The summed E-state index contributed by atoms with van der Waals surface area (Å²) in [4.78, 5) is 59.1. The molecule has 0 saturated carbocycles. The molecule has 13 nitrogen and oxygen atoms in total. The molecular weight excluding hydrogens is 563 g/mol. The van der Waals surface area contributed by atoms with Crippen LogP contribution in [0.3, 0.4) is 0 Å². The van der Waals surface area contributed by atoms with E-state index in [1.54, 1.807) is 13.8 Å². The summed E-state index contributed by atoms with van der Waals surface area (Å²) in [5, 5.41) is 26.2. The van der Waals surface area contributed by atoms with Crippen molar-refractivity contribution in [2.75, 3.05) is 19.8 Å². The van der Waals surface area contributed by atoms with E-state index in [0.717, 1.165) is 0 Å². The molecule has 0 aliphatic carbocycles. The quantitative estimate of drug-likeness (QED) is 0.105. The molecule has 0 fully saturated rings. The molecule has 37 heavy (non-hydrogen) atoms. The summed E-state index contributed by atoms with van der Waals surface area (Å²) in [5.74, 6) is -4.52. The first-order valence-electron chi connectivity index (χ1n) is 10.8. The van der Waals surface area contributed by atoms with Gasteiger partial charge >= 0.3 is 109 Å². The minimum atomic E-state index is -4.55. The zero-order valence-corrected chi connectivity index (χ0v) is 28.8. The van der Waals surface area contributed by atoms with Crippen LogP contribution in [0.4, 0.5) is 0 Å². The van der Waals surface area contributed by atoms with Gasteiger partial charge in [0.25, 0.3) is 0 Å². The normalized spacial score (nSPS) is 14.4. The van der Waals surface area contributed by atoms with E-state index in [4.69, 9.17) is 9.84 Å². The molecule has 0 radical (unpaired) electrons. The summed E-state index contributed by atoms with van der Waals surface area (Å²) in [7, 11) is -4.55. The Morgan fingerprint density at radius 2 is 1.68 bits per heavy atom. The molecule has 2 unspecified atom stereocenters. The minimum absolute atomic E-state index is 0. The monoisotopic (exact) mass is 593 g/mol. The van der Waals surface area contributed by atoms with Crippen LogP contribution < -0.4 is 133 Å². The Hall–Kier alpha value is 0.283. The van der Waals surface area contributed by atoms with E-state index in [1.807, 2.05) is 0 Å². The summed E-state index contributed by atoms with van der Waals surface area (Å²) in [6.07, 6.45) is 0.341. The topological polar surface area (TPSA) is 206 Å². The predicted octanol–water partition coefficient (Wildman–Crippen LogP) is -7.44. The van der Waals surface area contributed by atoms with Crippen LogP contribution in [0.1, 0.15) is 32.8 Å². The van der Waals surface area contributed by atoms with Gasteiger partial charge in [-0.1, -0.05) is 32.4 Å². The van der Waals surface area contributed by atoms with Gasteiger partial charge in [-0.3, -0.25) is 14.2 Å². The fourth-order valence-electron chi connectivity index (χ4n) is 2.91. The van der Waals surface area contributed by atoms with Gasteiger partial charge in [-0.25, -0.2) is 9.88 Å². The van der Waals surface area contributed by atoms with Crippen molar-refractivity contribution in [1.82, 2.24) is 15.7 Å². The second-order valence-electron chi connectivity index (χ2n) is 7.59. The molecule has 0 aliphatic heterocycles. The van der Waals surface area contributed by atoms with Gasteiger partial charge < -0.3 is 39.8 Å². The van der Waals surface area contributed by atoms with Gasteiger partial charge in [-0.2, -0.15) is 0 Å². The largest absolute Gasteiger partial charge is 1.00 e. The predicted molar refractivity (Wildman–Crippen MR) is 119 cm³/mol. The van der Waals surface area contributed by atoms with Gasteiger partial charge in [-0.05, 0) is 30.5 Å². The van der Waals surface area contributed by atoms with E-state index in [2.05, 4.69) is 20.2 Å². The van der Waals surface area contributed by atoms with Crippen molar-refractivity contribution in [3.8, 4) is 5.75 Å². The Kier molecular flexibility index (Phi) is 21.5. The third kappa shape index (κ3) is 16.2. The van der Waals surface area contributed by atoms with Crippen LogP contribution in [0, 0.1) is 5.92 Å². The third-order valence-corrected chi connectivity index (χ3v) is 6.05. The van der Waals surface area contributed by atoms with Crippen molar-refractivity contribution in [3.05, 3.63) is 29.8 Å². The average molecular weight is 594 g/mol. The minimum Gasteiger partial charge on any atom is -0.766 e. The second kappa shape index (κ2) is 20.2. The number of carboxylic acids is 2. The summed E-state index contributed by atoms with van der Waals surface area (Å²) in [6.45, 7) is 3.40. The molecule has 0 bridgehead atoms. The number of carboxylic acid groups (broad SMARTS) is 2. The number of nitrogens with one attached hydrogen (secondary N) is 3. The maximum Gasteiger partial charge on any atom is 1.00 e. The molecule has 1 aromatic rings. The maximum atomic E-state index is 13.0. The summed E-state index contributed by atoms with van der Waals surface area (Å²) in [6, 6.07) is 3.49. The molecule has 4 atom stereocenters. The van der Waals surface area contributed by atoms with Crippen molar-refractivity contribution in [2.45, 2.75) is 45.7 Å². The number of carbonyl (C=O) groups excluding carboxylic acids is 3. The molecule has 0 saturated heterocycles. The smallest absolute Gasteiger partial charge is 0.766 e. The number of ether oxygens (including phenoxy) is 1. The van der Waals surface area contributed by atoms with Gasteiger partial charge in [0.15, 0.2) is 6.61 Å². The van der Waals surface area contributed by atoms with Crippen molar-refractivity contribution in [3.63, 3.8) is 0 Å². The first-order chi connectivity index (χ1) is 16.4. The van der Waals surface area contributed by atoms with E-state index < -0.39 is 62.7 Å². The molecule has 2 amide bonds. The zero-order chi connectivity index (χ0) is 26.6. The first-order valence-corrected chi connectivity index (χ1v) is 12.4. The molecular formula is C21H30K2N3O10P. The fourth-order valence-corrected chi connectivity index (χ4v) is 4.04. The second-order valence-corrected chi connectivity index (χ2v) is 9.10.